The zero-order valence-corrected chi connectivity index (χ0v) is 8.68. The lowest BCUT2D eigenvalue weighted by Gasteiger charge is -2.14. The average Bonchev–Trinajstić information content (AvgIpc) is 2.46. The Bertz CT molecular complexity index is 224. The number of hydrogen-bond acceptors (Lipinski definition) is 5. The Morgan fingerprint density at radius 1 is 1.33 bits per heavy atom. The number of aliphatic hydroxyl groups excluding tert-OH is 3. The van der Waals surface area contributed by atoms with Crippen molar-refractivity contribution < 1.29 is 20.1 Å². The molecule has 0 aliphatic carbocycles. The largest absolute Gasteiger partial charge is 0.395 e. The van der Waals surface area contributed by atoms with E-state index in [0.29, 0.717) is 6.54 Å². The average molecular weight is 218 g/mol. The second-order valence-electron chi connectivity index (χ2n) is 3.70. The molecule has 1 aliphatic rings. The summed E-state index contributed by atoms with van der Waals surface area (Å²) in [5.41, 5.74) is 0. The quantitative estimate of drug-likeness (QED) is 0.361. The summed E-state index contributed by atoms with van der Waals surface area (Å²) in [7, 11) is 0. The third-order valence-electron chi connectivity index (χ3n) is 2.58. The zero-order valence-electron chi connectivity index (χ0n) is 8.68. The van der Waals surface area contributed by atoms with Gasteiger partial charge in [0.05, 0.1) is 24.9 Å². The summed E-state index contributed by atoms with van der Waals surface area (Å²) >= 11 is 0. The van der Waals surface area contributed by atoms with Gasteiger partial charge in [-0.3, -0.25) is 4.79 Å². The van der Waals surface area contributed by atoms with Crippen LogP contribution in [0.1, 0.15) is 13.3 Å². The molecule has 1 aliphatic heterocycles. The highest BCUT2D eigenvalue weighted by molar-refractivity contribution is 5.76. The Hall–Kier alpha value is -0.690. The van der Waals surface area contributed by atoms with Crippen molar-refractivity contribution in [2.45, 2.75) is 37.6 Å². The molecular formula is C9H18N2O4. The fourth-order valence-corrected chi connectivity index (χ4v) is 1.76. The molecule has 0 radical (unpaired) electrons. The van der Waals surface area contributed by atoms with Crippen molar-refractivity contribution in [1.29, 1.82) is 0 Å². The van der Waals surface area contributed by atoms with Crippen molar-refractivity contribution in [2.75, 3.05) is 13.2 Å². The van der Waals surface area contributed by atoms with E-state index in [2.05, 4.69) is 10.6 Å². The third kappa shape index (κ3) is 2.88. The predicted molar refractivity (Wildman–Crippen MR) is 53.1 cm³/mol. The molecule has 4 atom stereocenters. The Balaban J connectivity index is 2.47. The lowest BCUT2D eigenvalue weighted by atomic mass is 10.1. The molecule has 0 aromatic carbocycles. The minimum Gasteiger partial charge on any atom is -0.395 e. The number of hydrogen-bond donors (Lipinski definition) is 5. The first-order valence-electron chi connectivity index (χ1n) is 5.09. The normalized spacial score (nSPS) is 35.5. The Kier molecular flexibility index (Phi) is 4.46. The maximum absolute atomic E-state index is 11.2. The minimum atomic E-state index is -1.02. The van der Waals surface area contributed by atoms with Crippen molar-refractivity contribution in [3.05, 3.63) is 0 Å². The predicted octanol–water partition coefficient (Wildman–Crippen LogP) is -2.43. The first-order valence-corrected chi connectivity index (χ1v) is 5.09. The SMILES string of the molecule is CCNC(=O)C[C@@H]1N[C@H](CO)[C@@H](O)[C@@H]1O. The lowest BCUT2D eigenvalue weighted by Crippen LogP contribution is -2.39. The Morgan fingerprint density at radius 3 is 2.40 bits per heavy atom. The van der Waals surface area contributed by atoms with Crippen LogP contribution in [0, 0.1) is 0 Å². The van der Waals surface area contributed by atoms with Gasteiger partial charge in [0.25, 0.3) is 0 Å². The van der Waals surface area contributed by atoms with Gasteiger partial charge in [-0.05, 0) is 6.92 Å². The van der Waals surface area contributed by atoms with E-state index in [1.807, 2.05) is 6.92 Å². The van der Waals surface area contributed by atoms with Crippen LogP contribution < -0.4 is 10.6 Å². The van der Waals surface area contributed by atoms with Crippen molar-refractivity contribution >= 4 is 5.91 Å². The minimum absolute atomic E-state index is 0.0998. The van der Waals surface area contributed by atoms with Crippen LogP contribution in [0.2, 0.25) is 0 Å². The van der Waals surface area contributed by atoms with Gasteiger partial charge in [-0.2, -0.15) is 0 Å². The van der Waals surface area contributed by atoms with Crippen LogP contribution in [0.5, 0.6) is 0 Å². The maximum atomic E-state index is 11.2. The van der Waals surface area contributed by atoms with E-state index >= 15 is 0 Å². The molecule has 0 aromatic rings. The van der Waals surface area contributed by atoms with Crippen LogP contribution in [0.4, 0.5) is 0 Å². The first kappa shape index (κ1) is 12.4. The van der Waals surface area contributed by atoms with Gasteiger partial charge in [0, 0.05) is 19.0 Å². The molecule has 1 heterocycles. The molecule has 1 saturated heterocycles. The van der Waals surface area contributed by atoms with Gasteiger partial charge in [-0.15, -0.1) is 0 Å². The third-order valence-corrected chi connectivity index (χ3v) is 2.58. The number of carbonyl (C=O) groups excluding carboxylic acids is 1. The molecule has 6 nitrogen and oxygen atoms in total. The number of carbonyl (C=O) groups is 1. The number of aliphatic hydroxyl groups is 3. The molecule has 15 heavy (non-hydrogen) atoms. The molecule has 0 bridgehead atoms. The fourth-order valence-electron chi connectivity index (χ4n) is 1.76. The number of amides is 1. The number of rotatable bonds is 4. The molecule has 1 rings (SSSR count). The summed E-state index contributed by atoms with van der Waals surface area (Å²) in [6, 6.07) is -1.05. The molecule has 1 amide bonds. The number of nitrogens with one attached hydrogen (secondary N) is 2. The first-order chi connectivity index (χ1) is 7.10. The van der Waals surface area contributed by atoms with E-state index in [4.69, 9.17) is 5.11 Å². The summed E-state index contributed by atoms with van der Waals surface area (Å²) in [4.78, 5) is 11.2. The van der Waals surface area contributed by atoms with Crippen LogP contribution in [-0.4, -0.2) is 58.7 Å². The monoisotopic (exact) mass is 218 g/mol. The van der Waals surface area contributed by atoms with E-state index in [9.17, 15) is 15.0 Å². The Labute approximate surface area is 88.3 Å². The summed E-state index contributed by atoms with van der Waals surface area (Å²) < 4.78 is 0. The van der Waals surface area contributed by atoms with E-state index < -0.39 is 24.3 Å². The second-order valence-corrected chi connectivity index (χ2v) is 3.70. The molecule has 0 spiro atoms. The highest BCUT2D eigenvalue weighted by Gasteiger charge is 2.41. The molecule has 1 fully saturated rings. The van der Waals surface area contributed by atoms with E-state index in [1.165, 1.54) is 0 Å². The van der Waals surface area contributed by atoms with E-state index in [-0.39, 0.29) is 18.9 Å². The molecule has 0 aromatic heterocycles. The van der Waals surface area contributed by atoms with Crippen molar-refractivity contribution in [3.63, 3.8) is 0 Å². The molecule has 88 valence electrons. The molecule has 0 unspecified atom stereocenters. The van der Waals surface area contributed by atoms with Gasteiger partial charge < -0.3 is 26.0 Å². The van der Waals surface area contributed by atoms with Gasteiger partial charge in [0.15, 0.2) is 0 Å². The van der Waals surface area contributed by atoms with Crippen molar-refractivity contribution in [1.82, 2.24) is 10.6 Å². The lowest BCUT2D eigenvalue weighted by molar-refractivity contribution is -0.122. The highest BCUT2D eigenvalue weighted by Crippen LogP contribution is 2.16. The zero-order chi connectivity index (χ0) is 11.4. The summed E-state index contributed by atoms with van der Waals surface area (Å²) in [6.07, 6.45) is -1.93. The summed E-state index contributed by atoms with van der Waals surface area (Å²) in [6.45, 7) is 2.08. The molecule has 5 N–H and O–H groups in total. The Morgan fingerprint density at radius 2 is 1.93 bits per heavy atom. The van der Waals surface area contributed by atoms with Gasteiger partial charge in [0.2, 0.25) is 5.91 Å². The van der Waals surface area contributed by atoms with Crippen molar-refractivity contribution in [3.8, 4) is 0 Å². The maximum Gasteiger partial charge on any atom is 0.221 e. The van der Waals surface area contributed by atoms with Crippen molar-refractivity contribution in [2.24, 2.45) is 0 Å². The topological polar surface area (TPSA) is 102 Å². The van der Waals surface area contributed by atoms with Crippen LogP contribution in [0.25, 0.3) is 0 Å². The molecule has 6 heteroatoms. The second kappa shape index (κ2) is 5.41. The summed E-state index contributed by atoms with van der Waals surface area (Å²) in [5, 5.41) is 33.3. The highest BCUT2D eigenvalue weighted by atomic mass is 16.3. The fraction of sp³-hybridized carbons (Fsp3) is 0.889. The van der Waals surface area contributed by atoms with E-state index in [0.717, 1.165) is 0 Å². The van der Waals surface area contributed by atoms with Crippen LogP contribution in [0.3, 0.4) is 0 Å². The van der Waals surface area contributed by atoms with Crippen LogP contribution in [0.15, 0.2) is 0 Å². The molecule has 0 saturated carbocycles. The molecular weight excluding hydrogens is 200 g/mol. The van der Waals surface area contributed by atoms with Crippen LogP contribution in [-0.2, 0) is 4.79 Å². The van der Waals surface area contributed by atoms with Crippen LogP contribution >= 0.6 is 0 Å². The van der Waals surface area contributed by atoms with Gasteiger partial charge in [-0.1, -0.05) is 0 Å². The smallest absolute Gasteiger partial charge is 0.221 e. The van der Waals surface area contributed by atoms with E-state index in [1.54, 1.807) is 0 Å². The standard InChI is InChI=1S/C9H18N2O4/c1-2-10-7(13)3-5-8(14)9(15)6(4-12)11-5/h5-6,8-9,11-12,14-15H,2-4H2,1H3,(H,10,13)/t5-,6+,8+,9+/m0/s1. The van der Waals surface area contributed by atoms with Gasteiger partial charge >= 0.3 is 0 Å². The van der Waals surface area contributed by atoms with Gasteiger partial charge in [-0.25, -0.2) is 0 Å². The summed E-state index contributed by atoms with van der Waals surface area (Å²) in [5.74, 6) is -0.181. The van der Waals surface area contributed by atoms with Gasteiger partial charge in [0.1, 0.15) is 0 Å².